The van der Waals surface area contributed by atoms with E-state index in [9.17, 15) is 4.79 Å². The number of methoxy groups -OCH3 is 3. The van der Waals surface area contributed by atoms with Gasteiger partial charge in [-0.2, -0.15) is 0 Å². The number of hydrogen-bond donors (Lipinski definition) is 0. The number of hydrogen-bond acceptors (Lipinski definition) is 4. The Labute approximate surface area is 100 Å². The minimum atomic E-state index is -0.508. The van der Waals surface area contributed by atoms with Crippen LogP contribution in [0.1, 0.15) is 18.4 Å². The average molecular weight is 236 g/mol. The normalized spacial score (nSPS) is 16.2. The van der Waals surface area contributed by atoms with Crippen molar-refractivity contribution >= 4 is 5.97 Å². The molecule has 1 aromatic carbocycles. The van der Waals surface area contributed by atoms with Crippen LogP contribution in [0, 0.1) is 0 Å². The Bertz CT molecular complexity index is 435. The van der Waals surface area contributed by atoms with Crippen LogP contribution in [-0.4, -0.2) is 27.3 Å². The van der Waals surface area contributed by atoms with Gasteiger partial charge in [0.25, 0.3) is 0 Å². The van der Waals surface area contributed by atoms with Crippen molar-refractivity contribution < 1.29 is 19.0 Å². The third-order valence-corrected chi connectivity index (χ3v) is 3.25. The second-order valence-corrected chi connectivity index (χ2v) is 4.14. The number of carbonyl (C=O) groups is 1. The first-order valence-electron chi connectivity index (χ1n) is 5.49. The Hall–Kier alpha value is -1.71. The van der Waals surface area contributed by atoms with Crippen molar-refractivity contribution in [3.05, 3.63) is 23.8 Å². The van der Waals surface area contributed by atoms with E-state index in [-0.39, 0.29) is 5.97 Å². The summed E-state index contributed by atoms with van der Waals surface area (Å²) in [6.07, 6.45) is 1.62. The van der Waals surface area contributed by atoms with Crippen LogP contribution in [0.3, 0.4) is 0 Å². The quantitative estimate of drug-likeness (QED) is 0.749. The van der Waals surface area contributed by atoms with Gasteiger partial charge >= 0.3 is 5.97 Å². The van der Waals surface area contributed by atoms with Crippen molar-refractivity contribution in [1.29, 1.82) is 0 Å². The summed E-state index contributed by atoms with van der Waals surface area (Å²) >= 11 is 0. The molecule has 0 bridgehead atoms. The van der Waals surface area contributed by atoms with E-state index in [0.29, 0.717) is 11.5 Å². The van der Waals surface area contributed by atoms with Crippen LogP contribution in [0.5, 0.6) is 11.5 Å². The number of esters is 1. The third kappa shape index (κ3) is 1.84. The smallest absolute Gasteiger partial charge is 0.316 e. The molecule has 0 spiro atoms. The fourth-order valence-electron chi connectivity index (χ4n) is 2.10. The van der Waals surface area contributed by atoms with E-state index in [0.717, 1.165) is 18.4 Å². The van der Waals surface area contributed by atoms with Crippen LogP contribution in [0.4, 0.5) is 0 Å². The Morgan fingerprint density at radius 1 is 1.18 bits per heavy atom. The maximum absolute atomic E-state index is 11.8. The van der Waals surface area contributed by atoms with Gasteiger partial charge in [0.15, 0.2) is 0 Å². The van der Waals surface area contributed by atoms with Gasteiger partial charge < -0.3 is 14.2 Å². The molecule has 1 aliphatic rings. The van der Waals surface area contributed by atoms with Gasteiger partial charge in [0.05, 0.1) is 26.7 Å². The molecule has 92 valence electrons. The zero-order valence-corrected chi connectivity index (χ0v) is 10.3. The number of carbonyl (C=O) groups excluding carboxylic acids is 1. The van der Waals surface area contributed by atoms with Crippen LogP contribution in [0.2, 0.25) is 0 Å². The fourth-order valence-corrected chi connectivity index (χ4v) is 2.10. The van der Waals surface area contributed by atoms with E-state index in [2.05, 4.69) is 0 Å². The molecule has 0 aliphatic heterocycles. The molecule has 2 rings (SSSR count). The molecule has 1 aliphatic carbocycles. The molecule has 4 heteroatoms. The first-order valence-corrected chi connectivity index (χ1v) is 5.49. The van der Waals surface area contributed by atoms with Crippen molar-refractivity contribution in [3.63, 3.8) is 0 Å². The predicted octanol–water partition coefficient (Wildman–Crippen LogP) is 1.91. The summed E-state index contributed by atoms with van der Waals surface area (Å²) < 4.78 is 15.3. The minimum absolute atomic E-state index is 0.194. The van der Waals surface area contributed by atoms with E-state index < -0.39 is 5.41 Å². The summed E-state index contributed by atoms with van der Waals surface area (Å²) in [6.45, 7) is 0. The molecule has 0 aromatic heterocycles. The van der Waals surface area contributed by atoms with E-state index in [1.165, 1.54) is 7.11 Å². The predicted molar refractivity (Wildman–Crippen MR) is 62.5 cm³/mol. The number of ether oxygens (including phenoxy) is 3. The zero-order chi connectivity index (χ0) is 12.5. The van der Waals surface area contributed by atoms with Crippen molar-refractivity contribution in [2.24, 2.45) is 0 Å². The first kappa shape index (κ1) is 11.8. The Balaban J connectivity index is 2.42. The maximum Gasteiger partial charge on any atom is 0.316 e. The van der Waals surface area contributed by atoms with Gasteiger partial charge in [0.2, 0.25) is 0 Å². The molecule has 0 radical (unpaired) electrons. The molecule has 4 nitrogen and oxygen atoms in total. The van der Waals surface area contributed by atoms with Crippen molar-refractivity contribution in [2.45, 2.75) is 18.3 Å². The van der Waals surface area contributed by atoms with E-state index in [1.54, 1.807) is 20.3 Å². The van der Waals surface area contributed by atoms with E-state index in [1.807, 2.05) is 12.1 Å². The molecule has 0 unspecified atom stereocenters. The topological polar surface area (TPSA) is 44.8 Å². The van der Waals surface area contributed by atoms with Crippen LogP contribution in [0.25, 0.3) is 0 Å². The van der Waals surface area contributed by atoms with Crippen LogP contribution < -0.4 is 9.47 Å². The molecule has 1 aromatic rings. The second kappa shape index (κ2) is 4.28. The Kier molecular flexibility index (Phi) is 2.96. The van der Waals surface area contributed by atoms with Gasteiger partial charge in [-0.3, -0.25) is 4.79 Å². The summed E-state index contributed by atoms with van der Waals surface area (Å²) in [5, 5.41) is 0. The highest BCUT2D eigenvalue weighted by molar-refractivity contribution is 5.87. The van der Waals surface area contributed by atoms with Gasteiger partial charge in [0, 0.05) is 11.6 Å². The Morgan fingerprint density at radius 2 is 1.88 bits per heavy atom. The highest BCUT2D eigenvalue weighted by atomic mass is 16.5. The van der Waals surface area contributed by atoms with Gasteiger partial charge in [-0.25, -0.2) is 0 Å². The first-order chi connectivity index (χ1) is 8.17. The van der Waals surface area contributed by atoms with Gasteiger partial charge in [-0.15, -0.1) is 0 Å². The lowest BCUT2D eigenvalue weighted by atomic mass is 9.95. The van der Waals surface area contributed by atoms with Crippen LogP contribution in [-0.2, 0) is 14.9 Å². The van der Waals surface area contributed by atoms with Crippen molar-refractivity contribution in [1.82, 2.24) is 0 Å². The highest BCUT2D eigenvalue weighted by Gasteiger charge is 2.54. The van der Waals surface area contributed by atoms with Crippen molar-refractivity contribution in [2.75, 3.05) is 21.3 Å². The van der Waals surface area contributed by atoms with Crippen LogP contribution >= 0.6 is 0 Å². The Morgan fingerprint density at radius 3 is 2.35 bits per heavy atom. The standard InChI is InChI=1S/C13H16O4/c1-15-9-4-5-10(11(8-9)16-2)13(6-7-13)12(14)17-3/h4-5,8H,6-7H2,1-3H3. The molecule has 0 amide bonds. The van der Waals surface area contributed by atoms with Gasteiger partial charge in [0.1, 0.15) is 11.5 Å². The lowest BCUT2D eigenvalue weighted by Gasteiger charge is -2.17. The highest BCUT2D eigenvalue weighted by Crippen LogP contribution is 2.52. The third-order valence-electron chi connectivity index (χ3n) is 3.25. The molecule has 0 heterocycles. The SMILES string of the molecule is COC(=O)C1(c2ccc(OC)cc2OC)CC1. The number of rotatable bonds is 4. The summed E-state index contributed by atoms with van der Waals surface area (Å²) in [6, 6.07) is 5.50. The molecule has 1 fully saturated rings. The lowest BCUT2D eigenvalue weighted by Crippen LogP contribution is -2.22. The van der Waals surface area contributed by atoms with Gasteiger partial charge in [-0.05, 0) is 18.9 Å². The van der Waals surface area contributed by atoms with E-state index >= 15 is 0 Å². The molecule has 0 atom stereocenters. The summed E-state index contributed by atoms with van der Waals surface area (Å²) in [4.78, 5) is 11.8. The van der Waals surface area contributed by atoms with E-state index in [4.69, 9.17) is 14.2 Å². The summed E-state index contributed by atoms with van der Waals surface area (Å²) in [5.74, 6) is 1.19. The van der Waals surface area contributed by atoms with Crippen molar-refractivity contribution in [3.8, 4) is 11.5 Å². The van der Waals surface area contributed by atoms with Gasteiger partial charge in [-0.1, -0.05) is 6.07 Å². The molecule has 0 N–H and O–H groups in total. The maximum atomic E-state index is 11.8. The average Bonchev–Trinajstić information content (AvgIpc) is 3.18. The molecular formula is C13H16O4. The lowest BCUT2D eigenvalue weighted by molar-refractivity contribution is -0.143. The largest absolute Gasteiger partial charge is 0.497 e. The zero-order valence-electron chi connectivity index (χ0n) is 10.3. The molecule has 17 heavy (non-hydrogen) atoms. The fraction of sp³-hybridized carbons (Fsp3) is 0.462. The van der Waals surface area contributed by atoms with Crippen LogP contribution in [0.15, 0.2) is 18.2 Å². The monoisotopic (exact) mass is 236 g/mol. The molecule has 1 saturated carbocycles. The molecular weight excluding hydrogens is 220 g/mol. The summed E-state index contributed by atoms with van der Waals surface area (Å²) in [7, 11) is 4.60. The number of benzene rings is 1. The second-order valence-electron chi connectivity index (χ2n) is 4.14. The summed E-state index contributed by atoms with van der Waals surface area (Å²) in [5.41, 5.74) is 0.375. The minimum Gasteiger partial charge on any atom is -0.497 e. The molecule has 0 saturated heterocycles.